The van der Waals surface area contributed by atoms with Crippen molar-refractivity contribution in [3.8, 4) is 0 Å². The third kappa shape index (κ3) is 17.6. The molecule has 0 spiro atoms. The summed E-state index contributed by atoms with van der Waals surface area (Å²) in [4.78, 5) is 11.2. The first-order valence-electron chi connectivity index (χ1n) is 9.22. The molecule has 22 heavy (non-hydrogen) atoms. The van der Waals surface area contributed by atoms with Crippen LogP contribution in [0.5, 0.6) is 0 Å². The SMILES string of the molecule is CCCCCCCCCCCCC/C=C/CC(=O)OCCS. The van der Waals surface area contributed by atoms with Crippen LogP contribution in [0.15, 0.2) is 12.2 Å². The normalized spacial score (nSPS) is 11.2. The molecule has 0 radical (unpaired) electrons. The lowest BCUT2D eigenvalue weighted by Crippen LogP contribution is -2.04. The molecule has 0 rings (SSSR count). The van der Waals surface area contributed by atoms with Gasteiger partial charge in [0.1, 0.15) is 6.61 Å². The Kier molecular flexibility index (Phi) is 18.2. The van der Waals surface area contributed by atoms with Crippen LogP contribution in [0.4, 0.5) is 0 Å². The minimum Gasteiger partial charge on any atom is -0.465 e. The summed E-state index contributed by atoms with van der Waals surface area (Å²) in [7, 11) is 0. The summed E-state index contributed by atoms with van der Waals surface area (Å²) in [6.07, 6.45) is 20.6. The van der Waals surface area contributed by atoms with Crippen molar-refractivity contribution < 1.29 is 9.53 Å². The predicted molar refractivity (Wildman–Crippen MR) is 99.6 cm³/mol. The van der Waals surface area contributed by atoms with Crippen molar-refractivity contribution in [2.45, 2.75) is 90.4 Å². The van der Waals surface area contributed by atoms with Crippen LogP contribution in [0.2, 0.25) is 0 Å². The van der Waals surface area contributed by atoms with E-state index < -0.39 is 0 Å². The highest BCUT2D eigenvalue weighted by molar-refractivity contribution is 7.80. The van der Waals surface area contributed by atoms with Crippen molar-refractivity contribution in [3.63, 3.8) is 0 Å². The minimum absolute atomic E-state index is 0.149. The van der Waals surface area contributed by atoms with Crippen LogP contribution in [-0.2, 0) is 9.53 Å². The molecule has 0 saturated carbocycles. The summed E-state index contributed by atoms with van der Waals surface area (Å²) in [5, 5.41) is 0. The zero-order valence-corrected chi connectivity index (χ0v) is 15.4. The maximum Gasteiger partial charge on any atom is 0.309 e. The van der Waals surface area contributed by atoms with Crippen molar-refractivity contribution in [1.29, 1.82) is 0 Å². The molecule has 0 bridgehead atoms. The number of carbonyl (C=O) groups excluding carboxylic acids is 1. The number of ether oxygens (including phenoxy) is 1. The number of rotatable bonds is 16. The fourth-order valence-electron chi connectivity index (χ4n) is 2.44. The Bertz CT molecular complexity index is 264. The fourth-order valence-corrected chi connectivity index (χ4v) is 2.53. The van der Waals surface area contributed by atoms with Gasteiger partial charge in [-0.3, -0.25) is 4.79 Å². The highest BCUT2D eigenvalue weighted by atomic mass is 32.1. The van der Waals surface area contributed by atoms with Crippen LogP contribution in [-0.4, -0.2) is 18.3 Å². The van der Waals surface area contributed by atoms with E-state index in [1.54, 1.807) is 0 Å². The Hall–Kier alpha value is -0.440. The molecule has 2 nitrogen and oxygen atoms in total. The van der Waals surface area contributed by atoms with Gasteiger partial charge in [-0.1, -0.05) is 83.3 Å². The molecule has 0 atom stereocenters. The third-order valence-electron chi connectivity index (χ3n) is 3.78. The van der Waals surface area contributed by atoms with Gasteiger partial charge in [0, 0.05) is 5.75 Å². The summed E-state index contributed by atoms with van der Waals surface area (Å²) >= 11 is 4.00. The molecule has 0 aliphatic rings. The maximum atomic E-state index is 11.2. The zero-order chi connectivity index (χ0) is 16.3. The monoisotopic (exact) mass is 328 g/mol. The molecule has 0 saturated heterocycles. The van der Waals surface area contributed by atoms with E-state index in [1.807, 2.05) is 6.08 Å². The molecular weight excluding hydrogens is 292 g/mol. The number of thiol groups is 1. The van der Waals surface area contributed by atoms with Crippen molar-refractivity contribution in [1.82, 2.24) is 0 Å². The van der Waals surface area contributed by atoms with E-state index in [0.717, 1.165) is 6.42 Å². The number of allylic oxidation sites excluding steroid dienone is 1. The van der Waals surface area contributed by atoms with E-state index in [1.165, 1.54) is 70.6 Å². The standard InChI is InChI=1S/C19H36O2S/c1-2-3-4-5-6-7-8-9-10-11-12-13-14-15-16-19(20)21-17-18-22/h14-15,22H,2-13,16-18H2,1H3/b15-14+. The van der Waals surface area contributed by atoms with E-state index in [4.69, 9.17) is 4.74 Å². The van der Waals surface area contributed by atoms with Crippen molar-refractivity contribution in [2.75, 3.05) is 12.4 Å². The molecule has 0 N–H and O–H groups in total. The zero-order valence-electron chi connectivity index (χ0n) is 14.5. The molecular formula is C19H36O2S. The van der Waals surface area contributed by atoms with Crippen LogP contribution >= 0.6 is 12.6 Å². The van der Waals surface area contributed by atoms with Gasteiger partial charge in [-0.25, -0.2) is 0 Å². The fraction of sp³-hybridized carbons (Fsp3) is 0.842. The number of esters is 1. The van der Waals surface area contributed by atoms with Crippen LogP contribution in [0.1, 0.15) is 90.4 Å². The van der Waals surface area contributed by atoms with Gasteiger partial charge in [0.05, 0.1) is 6.42 Å². The highest BCUT2D eigenvalue weighted by Crippen LogP contribution is 2.12. The van der Waals surface area contributed by atoms with E-state index in [0.29, 0.717) is 18.8 Å². The van der Waals surface area contributed by atoms with Crippen molar-refractivity contribution in [3.05, 3.63) is 12.2 Å². The topological polar surface area (TPSA) is 26.3 Å². The Morgan fingerprint density at radius 1 is 0.864 bits per heavy atom. The van der Waals surface area contributed by atoms with Crippen LogP contribution in [0, 0.1) is 0 Å². The summed E-state index contributed by atoms with van der Waals surface area (Å²) in [6.45, 7) is 2.68. The first kappa shape index (κ1) is 21.6. The Morgan fingerprint density at radius 3 is 1.95 bits per heavy atom. The van der Waals surface area contributed by atoms with Crippen LogP contribution < -0.4 is 0 Å². The Balaban J connectivity index is 3.15. The molecule has 0 fully saturated rings. The lowest BCUT2D eigenvalue weighted by molar-refractivity contribution is -0.141. The number of hydrogen-bond donors (Lipinski definition) is 1. The molecule has 0 aliphatic carbocycles. The van der Waals surface area contributed by atoms with Gasteiger partial charge >= 0.3 is 5.97 Å². The van der Waals surface area contributed by atoms with Crippen molar-refractivity contribution >= 4 is 18.6 Å². The molecule has 0 heterocycles. The molecule has 0 aromatic carbocycles. The highest BCUT2D eigenvalue weighted by Gasteiger charge is 1.97. The third-order valence-corrected chi connectivity index (χ3v) is 3.96. The van der Waals surface area contributed by atoms with Crippen molar-refractivity contribution in [2.24, 2.45) is 0 Å². The number of carbonyl (C=O) groups is 1. The average molecular weight is 329 g/mol. The average Bonchev–Trinajstić information content (AvgIpc) is 2.53. The van der Waals surface area contributed by atoms with Crippen LogP contribution in [0.25, 0.3) is 0 Å². The van der Waals surface area contributed by atoms with Gasteiger partial charge < -0.3 is 4.74 Å². The van der Waals surface area contributed by atoms with E-state index in [2.05, 4.69) is 25.6 Å². The molecule has 0 aromatic heterocycles. The van der Waals surface area contributed by atoms with E-state index in [9.17, 15) is 4.79 Å². The molecule has 0 aromatic rings. The van der Waals surface area contributed by atoms with Gasteiger partial charge in [-0.2, -0.15) is 12.6 Å². The summed E-state index contributed by atoms with van der Waals surface area (Å²) in [5.74, 6) is 0.443. The first-order chi connectivity index (χ1) is 10.8. The second-order valence-electron chi connectivity index (χ2n) is 5.94. The quantitative estimate of drug-likeness (QED) is 0.160. The smallest absolute Gasteiger partial charge is 0.309 e. The molecule has 0 aliphatic heterocycles. The van der Waals surface area contributed by atoms with Gasteiger partial charge in [0.25, 0.3) is 0 Å². The van der Waals surface area contributed by atoms with Gasteiger partial charge in [-0.15, -0.1) is 0 Å². The summed E-state index contributed by atoms with van der Waals surface area (Å²) in [5.41, 5.74) is 0. The van der Waals surface area contributed by atoms with E-state index >= 15 is 0 Å². The second-order valence-corrected chi connectivity index (χ2v) is 6.39. The number of hydrogen-bond acceptors (Lipinski definition) is 3. The van der Waals surface area contributed by atoms with E-state index in [-0.39, 0.29) is 5.97 Å². The largest absolute Gasteiger partial charge is 0.465 e. The van der Waals surface area contributed by atoms with Gasteiger partial charge in [-0.05, 0) is 12.8 Å². The molecule has 0 amide bonds. The Morgan fingerprint density at radius 2 is 1.41 bits per heavy atom. The summed E-state index contributed by atoms with van der Waals surface area (Å²) < 4.78 is 4.94. The molecule has 0 unspecified atom stereocenters. The lowest BCUT2D eigenvalue weighted by atomic mass is 10.1. The minimum atomic E-state index is -0.149. The molecule has 130 valence electrons. The van der Waals surface area contributed by atoms with Gasteiger partial charge in [0.2, 0.25) is 0 Å². The predicted octanol–water partition coefficient (Wildman–Crippen LogP) is 6.11. The lowest BCUT2D eigenvalue weighted by Gasteiger charge is -2.01. The first-order valence-corrected chi connectivity index (χ1v) is 9.86. The summed E-state index contributed by atoms with van der Waals surface area (Å²) in [6, 6.07) is 0. The Labute approximate surface area is 143 Å². The van der Waals surface area contributed by atoms with Gasteiger partial charge in [0.15, 0.2) is 0 Å². The van der Waals surface area contributed by atoms with Crippen LogP contribution in [0.3, 0.4) is 0 Å². The maximum absolute atomic E-state index is 11.2. The number of unbranched alkanes of at least 4 members (excludes halogenated alkanes) is 11. The molecule has 3 heteroatoms. The second kappa shape index (κ2) is 18.6.